The highest BCUT2D eigenvalue weighted by Crippen LogP contribution is 2.34. The average Bonchev–Trinajstić information content (AvgIpc) is 3.28. The fourth-order valence-corrected chi connectivity index (χ4v) is 2.78. The molecule has 0 saturated carbocycles. The van der Waals surface area contributed by atoms with Crippen molar-refractivity contribution < 1.29 is 13.9 Å². The first-order valence-corrected chi connectivity index (χ1v) is 7.82. The number of aromatic nitrogens is 3. The van der Waals surface area contributed by atoms with Gasteiger partial charge >= 0.3 is 0 Å². The van der Waals surface area contributed by atoms with E-state index in [1.165, 1.54) is 0 Å². The van der Waals surface area contributed by atoms with E-state index in [0.29, 0.717) is 24.1 Å². The van der Waals surface area contributed by atoms with Gasteiger partial charge in [-0.05, 0) is 29.8 Å². The van der Waals surface area contributed by atoms with E-state index >= 15 is 0 Å². The number of rotatable bonds is 5. The van der Waals surface area contributed by atoms with E-state index in [0.717, 1.165) is 34.7 Å². The summed E-state index contributed by atoms with van der Waals surface area (Å²) in [6.07, 6.45) is 2.95. The molecule has 1 aliphatic rings. The van der Waals surface area contributed by atoms with Crippen LogP contribution in [0.4, 0.5) is 5.69 Å². The lowest BCUT2D eigenvalue weighted by atomic mass is 10.1. The Labute approximate surface area is 144 Å². The number of nitrogens with zero attached hydrogens (tertiary/aromatic N) is 4. The Morgan fingerprint density at radius 3 is 2.88 bits per heavy atom. The molecule has 0 aliphatic carbocycles. The number of fused-ring (bicyclic) bond motifs is 1. The summed E-state index contributed by atoms with van der Waals surface area (Å²) in [7, 11) is 3.21. The Bertz CT molecular complexity index is 949. The minimum absolute atomic E-state index is 0.462. The molecular weight excluding hydrogens is 320 g/mol. The number of hydrogen-bond acceptors (Lipinski definition) is 7. The molecule has 1 aliphatic heterocycles. The molecule has 2 aromatic heterocycles. The second-order valence-corrected chi connectivity index (χ2v) is 5.59. The van der Waals surface area contributed by atoms with Crippen LogP contribution in [0.3, 0.4) is 0 Å². The van der Waals surface area contributed by atoms with Crippen LogP contribution in [0.25, 0.3) is 11.5 Å². The molecule has 0 bridgehead atoms. The normalized spacial score (nSPS) is 12.6. The van der Waals surface area contributed by atoms with Crippen molar-refractivity contribution in [1.29, 1.82) is 0 Å². The first-order chi connectivity index (χ1) is 12.3. The van der Waals surface area contributed by atoms with Gasteiger partial charge in [-0.1, -0.05) is 6.07 Å². The van der Waals surface area contributed by atoms with Crippen molar-refractivity contribution in [2.45, 2.75) is 12.8 Å². The number of pyridine rings is 1. The molecule has 7 nitrogen and oxygen atoms in total. The Hall–Kier alpha value is -3.22. The highest BCUT2D eigenvalue weighted by molar-refractivity contribution is 5.95. The number of benzene rings is 1. The molecule has 0 N–H and O–H groups in total. The van der Waals surface area contributed by atoms with Gasteiger partial charge in [0.1, 0.15) is 11.4 Å². The number of methoxy groups -OCH3 is 2. The van der Waals surface area contributed by atoms with Crippen molar-refractivity contribution in [2.75, 3.05) is 14.2 Å². The van der Waals surface area contributed by atoms with Gasteiger partial charge in [0.2, 0.25) is 17.7 Å². The van der Waals surface area contributed by atoms with Crippen LogP contribution >= 0.6 is 0 Å². The van der Waals surface area contributed by atoms with Crippen molar-refractivity contribution in [3.63, 3.8) is 0 Å². The van der Waals surface area contributed by atoms with Gasteiger partial charge in [-0.25, -0.2) is 4.98 Å². The van der Waals surface area contributed by atoms with E-state index in [1.54, 1.807) is 20.4 Å². The predicted octanol–water partition coefficient (Wildman–Crippen LogP) is 3.02. The molecule has 0 fully saturated rings. The molecule has 3 heterocycles. The summed E-state index contributed by atoms with van der Waals surface area (Å²) < 4.78 is 16.3. The van der Waals surface area contributed by atoms with E-state index < -0.39 is 0 Å². The first-order valence-electron chi connectivity index (χ1n) is 7.82. The van der Waals surface area contributed by atoms with Crippen molar-refractivity contribution in [2.24, 2.45) is 4.99 Å². The molecule has 25 heavy (non-hydrogen) atoms. The number of ether oxygens (including phenoxy) is 2. The summed E-state index contributed by atoms with van der Waals surface area (Å²) in [5.74, 6) is 2.27. The van der Waals surface area contributed by atoms with Crippen LogP contribution < -0.4 is 9.47 Å². The molecular formula is C18H16N4O3. The van der Waals surface area contributed by atoms with Gasteiger partial charge in [0.05, 0.1) is 20.6 Å². The largest absolute Gasteiger partial charge is 0.497 e. The lowest BCUT2D eigenvalue weighted by Gasteiger charge is -2.01. The maximum atomic E-state index is 5.78. The minimum Gasteiger partial charge on any atom is -0.497 e. The summed E-state index contributed by atoms with van der Waals surface area (Å²) in [6, 6.07) is 9.46. The zero-order valence-corrected chi connectivity index (χ0v) is 13.9. The van der Waals surface area contributed by atoms with Crippen LogP contribution in [-0.4, -0.2) is 35.1 Å². The van der Waals surface area contributed by atoms with E-state index in [1.807, 2.05) is 30.3 Å². The Kier molecular flexibility index (Phi) is 3.89. The SMILES string of the molecule is COc1cccc(-c2nnc(CC3=Nc4c(ccnc4OC)C3)o2)c1. The summed E-state index contributed by atoms with van der Waals surface area (Å²) in [4.78, 5) is 8.79. The minimum atomic E-state index is 0.462. The third kappa shape index (κ3) is 2.96. The summed E-state index contributed by atoms with van der Waals surface area (Å²) in [5.41, 5.74) is 3.64. The summed E-state index contributed by atoms with van der Waals surface area (Å²) in [6.45, 7) is 0. The van der Waals surface area contributed by atoms with Gasteiger partial charge in [0.15, 0.2) is 0 Å². The van der Waals surface area contributed by atoms with Gasteiger partial charge in [-0.2, -0.15) is 0 Å². The van der Waals surface area contributed by atoms with Crippen molar-refractivity contribution in [1.82, 2.24) is 15.2 Å². The fraction of sp³-hybridized carbons (Fsp3) is 0.222. The lowest BCUT2D eigenvalue weighted by Crippen LogP contribution is -2.02. The van der Waals surface area contributed by atoms with Crippen molar-refractivity contribution in [3.8, 4) is 23.1 Å². The molecule has 1 aromatic carbocycles. The van der Waals surface area contributed by atoms with Crippen molar-refractivity contribution >= 4 is 11.4 Å². The Morgan fingerprint density at radius 1 is 1.12 bits per heavy atom. The second kappa shape index (κ2) is 6.35. The highest BCUT2D eigenvalue weighted by Gasteiger charge is 2.21. The molecule has 7 heteroatoms. The monoisotopic (exact) mass is 336 g/mol. The molecule has 0 radical (unpaired) electrons. The van der Waals surface area contributed by atoms with Crippen molar-refractivity contribution in [3.05, 3.63) is 48.0 Å². The quantitative estimate of drug-likeness (QED) is 0.712. The average molecular weight is 336 g/mol. The molecule has 3 aromatic rings. The van der Waals surface area contributed by atoms with Gasteiger partial charge in [-0.15, -0.1) is 10.2 Å². The second-order valence-electron chi connectivity index (χ2n) is 5.59. The van der Waals surface area contributed by atoms with E-state index in [9.17, 15) is 0 Å². The highest BCUT2D eigenvalue weighted by atomic mass is 16.5. The summed E-state index contributed by atoms with van der Waals surface area (Å²) >= 11 is 0. The Balaban J connectivity index is 1.54. The third-order valence-corrected chi connectivity index (χ3v) is 3.97. The van der Waals surface area contributed by atoms with Crippen LogP contribution in [0, 0.1) is 0 Å². The van der Waals surface area contributed by atoms with Crippen LogP contribution in [-0.2, 0) is 12.8 Å². The molecule has 126 valence electrons. The third-order valence-electron chi connectivity index (χ3n) is 3.97. The smallest absolute Gasteiger partial charge is 0.247 e. The standard InChI is InChI=1S/C18H16N4O3/c1-23-14-5-3-4-12(9-14)17-22-21-15(25-17)10-13-8-11-6-7-19-18(24-2)16(11)20-13/h3-7,9H,8,10H2,1-2H3. The first kappa shape index (κ1) is 15.3. The van der Waals surface area contributed by atoms with Gasteiger partial charge < -0.3 is 13.9 Å². The molecule has 0 saturated heterocycles. The van der Waals surface area contributed by atoms with E-state index in [4.69, 9.17) is 13.9 Å². The van der Waals surface area contributed by atoms with Crippen LogP contribution in [0.5, 0.6) is 11.6 Å². The number of hydrogen-bond donors (Lipinski definition) is 0. The van der Waals surface area contributed by atoms with E-state index in [-0.39, 0.29) is 0 Å². The van der Waals surface area contributed by atoms with Crippen LogP contribution in [0.15, 0.2) is 45.9 Å². The number of aliphatic imine (C=N–C) groups is 1. The maximum absolute atomic E-state index is 5.78. The van der Waals surface area contributed by atoms with E-state index in [2.05, 4.69) is 20.2 Å². The van der Waals surface area contributed by atoms with Crippen LogP contribution in [0.2, 0.25) is 0 Å². The molecule has 0 unspecified atom stereocenters. The molecule has 4 rings (SSSR count). The fourth-order valence-electron chi connectivity index (χ4n) is 2.78. The lowest BCUT2D eigenvalue weighted by molar-refractivity contribution is 0.399. The molecule has 0 spiro atoms. The van der Waals surface area contributed by atoms with Gasteiger partial charge in [-0.3, -0.25) is 4.99 Å². The predicted molar refractivity (Wildman–Crippen MR) is 91.6 cm³/mol. The topological polar surface area (TPSA) is 82.6 Å². The Morgan fingerprint density at radius 2 is 2.04 bits per heavy atom. The van der Waals surface area contributed by atoms with Gasteiger partial charge in [0, 0.05) is 23.9 Å². The zero-order valence-electron chi connectivity index (χ0n) is 13.9. The summed E-state index contributed by atoms with van der Waals surface area (Å²) in [5, 5.41) is 8.25. The van der Waals surface area contributed by atoms with Gasteiger partial charge in [0.25, 0.3) is 0 Å². The zero-order chi connectivity index (χ0) is 17.2. The van der Waals surface area contributed by atoms with Crippen LogP contribution in [0.1, 0.15) is 11.5 Å². The maximum Gasteiger partial charge on any atom is 0.247 e. The molecule has 0 amide bonds. The molecule has 0 atom stereocenters.